The zero-order valence-corrected chi connectivity index (χ0v) is 35.5. The third-order valence-corrected chi connectivity index (χ3v) is 9.64. The van der Waals surface area contributed by atoms with E-state index in [1.54, 1.807) is 0 Å². The standard InChI is InChI=1S/C45H78NO8P/c1-3-5-7-9-11-13-15-17-18-19-20-21-22-23-24-26-28-30-32-34-36-38-45(49)52-41-43(47)42-54-55(50,51)53-40-39-46-44(48)37-35-33-31-29-27-25-16-14-12-10-8-6-4-2/h5,7,11,13,17-18,20-21,23-24,28,30,43,47H,3-4,6,8-10,12,14-16,19,22,25-27,29,31-42H2,1-2H3,(H,46,48)(H,50,51)/b7-5-,13-11-,18-17-,21-20-,24-23-,30-28-. The molecular weight excluding hydrogens is 713 g/mol. The molecule has 0 saturated carbocycles. The number of carbonyl (C=O) groups is 2. The van der Waals surface area contributed by atoms with Crippen LogP contribution in [0.1, 0.15) is 168 Å². The summed E-state index contributed by atoms with van der Waals surface area (Å²) in [4.78, 5) is 33.9. The smallest absolute Gasteiger partial charge is 0.463 e. The van der Waals surface area contributed by atoms with Crippen LogP contribution in [-0.4, -0.2) is 54.3 Å². The Kier molecular flexibility index (Phi) is 39.2. The molecule has 0 radical (unpaired) electrons. The van der Waals surface area contributed by atoms with Gasteiger partial charge < -0.3 is 20.1 Å². The van der Waals surface area contributed by atoms with Gasteiger partial charge in [-0.2, -0.15) is 0 Å². The highest BCUT2D eigenvalue weighted by Crippen LogP contribution is 2.42. The molecule has 0 bridgehead atoms. The number of carbonyl (C=O) groups excluding carboxylic acids is 2. The van der Waals surface area contributed by atoms with E-state index in [9.17, 15) is 24.2 Å². The minimum Gasteiger partial charge on any atom is -0.463 e. The van der Waals surface area contributed by atoms with E-state index in [1.165, 1.54) is 64.2 Å². The average molecular weight is 792 g/mol. The molecule has 316 valence electrons. The largest absolute Gasteiger partial charge is 0.472 e. The molecule has 0 aromatic rings. The number of rotatable bonds is 39. The van der Waals surface area contributed by atoms with Crippen molar-refractivity contribution in [2.45, 2.75) is 174 Å². The lowest BCUT2D eigenvalue weighted by atomic mass is 10.0. The van der Waals surface area contributed by atoms with Crippen LogP contribution < -0.4 is 5.32 Å². The molecule has 0 aliphatic rings. The van der Waals surface area contributed by atoms with E-state index in [4.69, 9.17) is 13.8 Å². The molecule has 0 heterocycles. The number of esters is 1. The number of phosphoric ester groups is 1. The van der Waals surface area contributed by atoms with Crippen LogP contribution >= 0.6 is 7.82 Å². The van der Waals surface area contributed by atoms with Crippen molar-refractivity contribution >= 4 is 19.7 Å². The van der Waals surface area contributed by atoms with Crippen LogP contribution in [0.25, 0.3) is 0 Å². The Hall–Kier alpha value is -2.55. The van der Waals surface area contributed by atoms with E-state index in [-0.39, 0.29) is 32.1 Å². The monoisotopic (exact) mass is 792 g/mol. The molecule has 0 saturated heterocycles. The van der Waals surface area contributed by atoms with Gasteiger partial charge in [-0.25, -0.2) is 4.57 Å². The molecule has 0 spiro atoms. The van der Waals surface area contributed by atoms with Crippen molar-refractivity contribution < 1.29 is 37.9 Å². The van der Waals surface area contributed by atoms with Crippen LogP contribution in [0.2, 0.25) is 0 Å². The van der Waals surface area contributed by atoms with Gasteiger partial charge in [0.15, 0.2) is 0 Å². The van der Waals surface area contributed by atoms with E-state index in [2.05, 4.69) is 92.1 Å². The quantitative estimate of drug-likeness (QED) is 0.0243. The SMILES string of the molecule is CC/C=C\C/C=C\C/C=C\C/C=C\C/C=C\C/C=C\CCCCC(=O)OCC(O)COP(=O)(O)OCCNC(=O)CCCCCCCCCCCCCCC. The third kappa shape index (κ3) is 42.4. The number of hydrogen-bond acceptors (Lipinski definition) is 7. The number of phosphoric acid groups is 1. The number of nitrogens with one attached hydrogen (secondary N) is 1. The minimum absolute atomic E-state index is 0.0748. The second kappa shape index (κ2) is 41.1. The summed E-state index contributed by atoms with van der Waals surface area (Å²) in [5, 5.41) is 12.7. The molecule has 0 aliphatic carbocycles. The Balaban J connectivity index is 3.71. The zero-order valence-electron chi connectivity index (χ0n) is 34.6. The highest BCUT2D eigenvalue weighted by atomic mass is 31.2. The highest BCUT2D eigenvalue weighted by molar-refractivity contribution is 7.47. The normalized spacial score (nSPS) is 14.0. The van der Waals surface area contributed by atoms with Crippen LogP contribution in [0.5, 0.6) is 0 Å². The third-order valence-electron chi connectivity index (χ3n) is 8.65. The van der Waals surface area contributed by atoms with Crippen molar-refractivity contribution in [1.29, 1.82) is 0 Å². The maximum Gasteiger partial charge on any atom is 0.472 e. The lowest BCUT2D eigenvalue weighted by Crippen LogP contribution is -2.27. The molecule has 55 heavy (non-hydrogen) atoms. The predicted molar refractivity (Wildman–Crippen MR) is 229 cm³/mol. The molecule has 0 aromatic heterocycles. The average Bonchev–Trinajstić information content (AvgIpc) is 3.17. The Morgan fingerprint density at radius 2 is 1.04 bits per heavy atom. The Labute approximate surface area is 335 Å². The maximum atomic E-state index is 12.1. The van der Waals surface area contributed by atoms with E-state index >= 15 is 0 Å². The Morgan fingerprint density at radius 1 is 0.582 bits per heavy atom. The van der Waals surface area contributed by atoms with Crippen LogP contribution in [0, 0.1) is 0 Å². The van der Waals surface area contributed by atoms with Crippen LogP contribution in [-0.2, 0) is 27.9 Å². The van der Waals surface area contributed by atoms with Crippen molar-refractivity contribution in [3.05, 3.63) is 72.9 Å². The molecule has 2 unspecified atom stereocenters. The molecule has 3 N–H and O–H groups in total. The Bertz CT molecular complexity index is 1130. The summed E-state index contributed by atoms with van der Waals surface area (Å²) in [5.74, 6) is -0.564. The molecule has 0 aromatic carbocycles. The first kappa shape index (κ1) is 52.5. The number of hydrogen-bond donors (Lipinski definition) is 3. The fraction of sp³-hybridized carbons (Fsp3) is 0.689. The number of unbranched alkanes of at least 4 members (excludes halogenated alkanes) is 14. The van der Waals surface area contributed by atoms with Crippen LogP contribution in [0.15, 0.2) is 72.9 Å². The number of aliphatic hydroxyl groups excluding tert-OH is 1. The number of amides is 1. The van der Waals surface area contributed by atoms with Crippen molar-refractivity contribution in [1.82, 2.24) is 5.32 Å². The van der Waals surface area contributed by atoms with Gasteiger partial charge in [0.1, 0.15) is 12.7 Å². The molecule has 9 nitrogen and oxygen atoms in total. The van der Waals surface area contributed by atoms with Gasteiger partial charge in [0, 0.05) is 19.4 Å². The van der Waals surface area contributed by atoms with Crippen LogP contribution in [0.3, 0.4) is 0 Å². The summed E-state index contributed by atoms with van der Waals surface area (Å²) in [6, 6.07) is 0. The van der Waals surface area contributed by atoms with Gasteiger partial charge >= 0.3 is 13.8 Å². The molecular formula is C45H78NO8P. The minimum atomic E-state index is -4.43. The van der Waals surface area contributed by atoms with E-state index in [0.29, 0.717) is 12.8 Å². The highest BCUT2D eigenvalue weighted by Gasteiger charge is 2.23. The molecule has 2 atom stereocenters. The molecule has 0 rings (SSSR count). The lowest BCUT2D eigenvalue weighted by Gasteiger charge is -2.15. The first-order valence-corrected chi connectivity index (χ1v) is 22.9. The van der Waals surface area contributed by atoms with Gasteiger partial charge in [-0.3, -0.25) is 18.6 Å². The van der Waals surface area contributed by atoms with Crippen molar-refractivity contribution in [3.63, 3.8) is 0 Å². The summed E-state index contributed by atoms with van der Waals surface area (Å²) < 4.78 is 26.8. The van der Waals surface area contributed by atoms with Gasteiger partial charge in [-0.05, 0) is 64.2 Å². The van der Waals surface area contributed by atoms with Crippen molar-refractivity contribution in [2.24, 2.45) is 0 Å². The topological polar surface area (TPSA) is 131 Å². The van der Waals surface area contributed by atoms with Crippen molar-refractivity contribution in [3.8, 4) is 0 Å². The van der Waals surface area contributed by atoms with Gasteiger partial charge in [0.25, 0.3) is 0 Å². The fourth-order valence-corrected chi connectivity index (χ4v) is 6.20. The zero-order chi connectivity index (χ0) is 40.3. The van der Waals surface area contributed by atoms with E-state index < -0.39 is 26.5 Å². The predicted octanol–water partition coefficient (Wildman–Crippen LogP) is 11.9. The second-order valence-electron chi connectivity index (χ2n) is 13.9. The van der Waals surface area contributed by atoms with Crippen molar-refractivity contribution in [2.75, 3.05) is 26.4 Å². The first-order chi connectivity index (χ1) is 26.8. The van der Waals surface area contributed by atoms with Gasteiger partial charge in [0.05, 0.1) is 13.2 Å². The summed E-state index contributed by atoms with van der Waals surface area (Å²) in [6.45, 7) is 3.38. The summed E-state index contributed by atoms with van der Waals surface area (Å²) in [5.41, 5.74) is 0. The number of aliphatic hydroxyl groups is 1. The number of ether oxygens (including phenoxy) is 1. The molecule has 0 aliphatic heterocycles. The summed E-state index contributed by atoms with van der Waals surface area (Å²) >= 11 is 0. The van der Waals surface area contributed by atoms with Gasteiger partial charge in [-0.15, -0.1) is 0 Å². The van der Waals surface area contributed by atoms with E-state index in [1.807, 2.05) is 0 Å². The Morgan fingerprint density at radius 3 is 1.55 bits per heavy atom. The number of allylic oxidation sites excluding steroid dienone is 12. The lowest BCUT2D eigenvalue weighted by molar-refractivity contribution is -0.147. The fourth-order valence-electron chi connectivity index (χ4n) is 5.44. The van der Waals surface area contributed by atoms with Gasteiger partial charge in [0.2, 0.25) is 5.91 Å². The van der Waals surface area contributed by atoms with Gasteiger partial charge in [-0.1, -0.05) is 164 Å². The maximum absolute atomic E-state index is 12.1. The summed E-state index contributed by atoms with van der Waals surface area (Å²) in [6.07, 6.45) is 49.7. The molecule has 10 heteroatoms. The van der Waals surface area contributed by atoms with E-state index in [0.717, 1.165) is 70.6 Å². The molecule has 1 amide bonds. The molecule has 0 fully saturated rings. The second-order valence-corrected chi connectivity index (χ2v) is 15.4. The summed E-state index contributed by atoms with van der Waals surface area (Å²) in [7, 11) is -4.43. The van der Waals surface area contributed by atoms with Crippen LogP contribution in [0.4, 0.5) is 0 Å². The first-order valence-electron chi connectivity index (χ1n) is 21.4.